The predicted molar refractivity (Wildman–Crippen MR) is 87.3 cm³/mol. The summed E-state index contributed by atoms with van der Waals surface area (Å²) in [5.74, 6) is 0.603. The minimum Gasteiger partial charge on any atom is -0.489 e. The molecule has 22 heavy (non-hydrogen) atoms. The van der Waals surface area contributed by atoms with Gasteiger partial charge in [0, 0.05) is 19.7 Å². The standard InChI is InChI=1S/C18H25NO3/c1-3-12-22-17-11-6-5-10-16(17)18(20)19(4-2)14-15-9-7-8-13-21-15/h3,5-6,10-11,15H,1,4,7-9,12-14H2,2H3. The van der Waals surface area contributed by atoms with E-state index in [-0.39, 0.29) is 12.0 Å². The lowest BCUT2D eigenvalue weighted by Crippen LogP contribution is -2.39. The van der Waals surface area contributed by atoms with E-state index in [0.717, 1.165) is 19.4 Å². The molecular formula is C18H25NO3. The molecule has 1 aromatic carbocycles. The first-order chi connectivity index (χ1) is 10.8. The first kappa shape index (κ1) is 16.6. The third kappa shape index (κ3) is 4.34. The zero-order valence-corrected chi connectivity index (χ0v) is 13.3. The molecule has 0 saturated carbocycles. The minimum atomic E-state index is -0.00339. The molecule has 1 unspecified atom stereocenters. The molecule has 4 heteroatoms. The third-order valence-corrected chi connectivity index (χ3v) is 3.84. The Morgan fingerprint density at radius 1 is 1.45 bits per heavy atom. The second kappa shape index (κ2) is 8.59. The number of likely N-dealkylation sites (N-methyl/N-ethyl adjacent to an activating group) is 1. The van der Waals surface area contributed by atoms with Gasteiger partial charge in [0.05, 0.1) is 11.7 Å². The van der Waals surface area contributed by atoms with E-state index in [0.29, 0.717) is 31.0 Å². The van der Waals surface area contributed by atoms with Gasteiger partial charge in [0.25, 0.3) is 5.91 Å². The summed E-state index contributed by atoms with van der Waals surface area (Å²) in [6, 6.07) is 7.36. The molecule has 1 fully saturated rings. The van der Waals surface area contributed by atoms with Crippen LogP contribution in [0.25, 0.3) is 0 Å². The molecule has 1 aromatic rings. The summed E-state index contributed by atoms with van der Waals surface area (Å²) in [6.07, 6.45) is 5.15. The van der Waals surface area contributed by atoms with Crippen molar-refractivity contribution in [3.63, 3.8) is 0 Å². The number of hydrogen-bond acceptors (Lipinski definition) is 3. The molecule has 0 aliphatic carbocycles. The van der Waals surface area contributed by atoms with Gasteiger partial charge in [0.2, 0.25) is 0 Å². The molecule has 0 radical (unpaired) electrons. The molecule has 0 N–H and O–H groups in total. The van der Waals surface area contributed by atoms with Crippen LogP contribution in [0.3, 0.4) is 0 Å². The summed E-state index contributed by atoms with van der Waals surface area (Å²) >= 11 is 0. The third-order valence-electron chi connectivity index (χ3n) is 3.84. The number of hydrogen-bond donors (Lipinski definition) is 0. The number of rotatable bonds is 7. The highest BCUT2D eigenvalue weighted by molar-refractivity contribution is 5.97. The van der Waals surface area contributed by atoms with Crippen LogP contribution in [0.15, 0.2) is 36.9 Å². The van der Waals surface area contributed by atoms with Gasteiger partial charge in [0.1, 0.15) is 12.4 Å². The summed E-state index contributed by atoms with van der Waals surface area (Å²) in [4.78, 5) is 14.6. The quantitative estimate of drug-likeness (QED) is 0.726. The van der Waals surface area contributed by atoms with Crippen LogP contribution in [-0.2, 0) is 4.74 Å². The maximum atomic E-state index is 12.8. The van der Waals surface area contributed by atoms with Gasteiger partial charge in [0.15, 0.2) is 0 Å². The van der Waals surface area contributed by atoms with Crippen molar-refractivity contribution in [3.8, 4) is 5.75 Å². The van der Waals surface area contributed by atoms with Crippen molar-refractivity contribution in [1.82, 2.24) is 4.90 Å². The molecule has 120 valence electrons. The molecule has 2 rings (SSSR count). The average Bonchev–Trinajstić information content (AvgIpc) is 2.58. The number of para-hydroxylation sites is 1. The van der Waals surface area contributed by atoms with E-state index in [1.807, 2.05) is 36.1 Å². The van der Waals surface area contributed by atoms with Crippen LogP contribution in [0.2, 0.25) is 0 Å². The molecule has 1 heterocycles. The number of carbonyl (C=O) groups is 1. The van der Waals surface area contributed by atoms with E-state index >= 15 is 0 Å². The Balaban J connectivity index is 2.08. The van der Waals surface area contributed by atoms with Crippen LogP contribution in [-0.4, -0.2) is 43.2 Å². The Morgan fingerprint density at radius 2 is 2.27 bits per heavy atom. The predicted octanol–water partition coefficient (Wildman–Crippen LogP) is 3.28. The van der Waals surface area contributed by atoms with E-state index in [2.05, 4.69) is 6.58 Å². The first-order valence-corrected chi connectivity index (χ1v) is 7.99. The second-order valence-electron chi connectivity index (χ2n) is 5.43. The Kier molecular flexibility index (Phi) is 6.46. The van der Waals surface area contributed by atoms with Gasteiger partial charge < -0.3 is 14.4 Å². The monoisotopic (exact) mass is 303 g/mol. The number of carbonyl (C=O) groups excluding carboxylic acids is 1. The van der Waals surface area contributed by atoms with Crippen LogP contribution in [0.5, 0.6) is 5.75 Å². The summed E-state index contributed by atoms with van der Waals surface area (Å²) < 4.78 is 11.3. The molecule has 0 spiro atoms. The molecule has 1 saturated heterocycles. The highest BCUT2D eigenvalue weighted by Crippen LogP contribution is 2.21. The van der Waals surface area contributed by atoms with Crippen molar-refractivity contribution >= 4 is 5.91 Å². The molecule has 1 amide bonds. The van der Waals surface area contributed by atoms with E-state index < -0.39 is 0 Å². The zero-order chi connectivity index (χ0) is 15.8. The maximum absolute atomic E-state index is 12.8. The molecule has 1 aliphatic heterocycles. The van der Waals surface area contributed by atoms with Gasteiger partial charge in [-0.15, -0.1) is 0 Å². The fraction of sp³-hybridized carbons (Fsp3) is 0.500. The second-order valence-corrected chi connectivity index (χ2v) is 5.43. The Bertz CT molecular complexity index is 495. The molecule has 1 atom stereocenters. The van der Waals surface area contributed by atoms with Gasteiger partial charge in [-0.1, -0.05) is 24.8 Å². The lowest BCUT2D eigenvalue weighted by molar-refractivity contribution is -0.00318. The van der Waals surface area contributed by atoms with Gasteiger partial charge in [-0.2, -0.15) is 0 Å². The summed E-state index contributed by atoms with van der Waals surface area (Å²) in [7, 11) is 0. The van der Waals surface area contributed by atoms with Gasteiger partial charge in [-0.05, 0) is 38.3 Å². The fourth-order valence-corrected chi connectivity index (χ4v) is 2.64. The normalized spacial score (nSPS) is 17.8. The van der Waals surface area contributed by atoms with E-state index in [1.165, 1.54) is 6.42 Å². The average molecular weight is 303 g/mol. The van der Waals surface area contributed by atoms with Crippen LogP contribution in [0, 0.1) is 0 Å². The lowest BCUT2D eigenvalue weighted by Gasteiger charge is -2.29. The minimum absolute atomic E-state index is 0.00339. The Morgan fingerprint density at radius 3 is 2.95 bits per heavy atom. The maximum Gasteiger partial charge on any atom is 0.257 e. The number of amides is 1. The lowest BCUT2D eigenvalue weighted by atomic mass is 10.1. The van der Waals surface area contributed by atoms with Crippen LogP contribution >= 0.6 is 0 Å². The van der Waals surface area contributed by atoms with Crippen molar-refractivity contribution in [2.24, 2.45) is 0 Å². The van der Waals surface area contributed by atoms with Crippen LogP contribution in [0.4, 0.5) is 0 Å². The van der Waals surface area contributed by atoms with Gasteiger partial charge in [-0.3, -0.25) is 4.79 Å². The van der Waals surface area contributed by atoms with Crippen LogP contribution < -0.4 is 4.74 Å². The van der Waals surface area contributed by atoms with E-state index in [4.69, 9.17) is 9.47 Å². The molecule has 0 aromatic heterocycles. The van der Waals surface area contributed by atoms with Crippen molar-refractivity contribution < 1.29 is 14.3 Å². The SMILES string of the molecule is C=CCOc1ccccc1C(=O)N(CC)CC1CCCCO1. The van der Waals surface area contributed by atoms with Crippen LogP contribution in [0.1, 0.15) is 36.5 Å². The van der Waals surface area contributed by atoms with Gasteiger partial charge in [-0.25, -0.2) is 0 Å². The fourth-order valence-electron chi connectivity index (χ4n) is 2.64. The summed E-state index contributed by atoms with van der Waals surface area (Å²) in [5.41, 5.74) is 0.599. The zero-order valence-electron chi connectivity index (χ0n) is 13.3. The topological polar surface area (TPSA) is 38.8 Å². The summed E-state index contributed by atoms with van der Waals surface area (Å²) in [5, 5.41) is 0. The highest BCUT2D eigenvalue weighted by Gasteiger charge is 2.23. The largest absolute Gasteiger partial charge is 0.489 e. The smallest absolute Gasteiger partial charge is 0.257 e. The number of ether oxygens (including phenoxy) is 2. The van der Waals surface area contributed by atoms with E-state index in [1.54, 1.807) is 6.08 Å². The van der Waals surface area contributed by atoms with E-state index in [9.17, 15) is 4.79 Å². The molecule has 4 nitrogen and oxygen atoms in total. The van der Waals surface area contributed by atoms with Crippen molar-refractivity contribution in [1.29, 1.82) is 0 Å². The van der Waals surface area contributed by atoms with Crippen molar-refractivity contribution in [2.45, 2.75) is 32.3 Å². The Labute approximate surface area is 132 Å². The number of benzene rings is 1. The molecular weight excluding hydrogens is 278 g/mol. The van der Waals surface area contributed by atoms with Crippen molar-refractivity contribution in [3.05, 3.63) is 42.5 Å². The van der Waals surface area contributed by atoms with Crippen molar-refractivity contribution in [2.75, 3.05) is 26.3 Å². The number of nitrogens with zero attached hydrogens (tertiary/aromatic N) is 1. The van der Waals surface area contributed by atoms with Gasteiger partial charge >= 0.3 is 0 Å². The molecule has 1 aliphatic rings. The summed E-state index contributed by atoms with van der Waals surface area (Å²) in [6.45, 7) is 8.13. The first-order valence-electron chi connectivity index (χ1n) is 7.99. The highest BCUT2D eigenvalue weighted by atomic mass is 16.5. The Hall–Kier alpha value is -1.81. The molecule has 0 bridgehead atoms.